The maximum Gasteiger partial charge on any atom is 0.338 e. The van der Waals surface area contributed by atoms with E-state index in [9.17, 15) is 4.79 Å². The van der Waals surface area contributed by atoms with Gasteiger partial charge in [-0.15, -0.1) is 0 Å². The SMILES string of the molecule is COC(=O)c1cc(N)c(C)cc1C1CC1. The molecule has 1 aliphatic carbocycles. The molecule has 0 unspecified atom stereocenters. The molecule has 1 saturated carbocycles. The quantitative estimate of drug-likeness (QED) is 0.595. The van der Waals surface area contributed by atoms with E-state index in [0.29, 0.717) is 17.2 Å². The fourth-order valence-corrected chi connectivity index (χ4v) is 1.77. The van der Waals surface area contributed by atoms with E-state index in [1.54, 1.807) is 6.07 Å². The first kappa shape index (κ1) is 10.0. The summed E-state index contributed by atoms with van der Waals surface area (Å²) in [7, 11) is 1.40. The Balaban J connectivity index is 2.49. The highest BCUT2D eigenvalue weighted by Gasteiger charge is 2.28. The van der Waals surface area contributed by atoms with Gasteiger partial charge in [-0.05, 0) is 42.9 Å². The van der Waals surface area contributed by atoms with E-state index in [2.05, 4.69) is 0 Å². The van der Waals surface area contributed by atoms with Crippen LogP contribution in [0.5, 0.6) is 0 Å². The van der Waals surface area contributed by atoms with Crippen molar-refractivity contribution in [2.24, 2.45) is 0 Å². The fourth-order valence-electron chi connectivity index (χ4n) is 1.77. The zero-order valence-electron chi connectivity index (χ0n) is 9.04. The van der Waals surface area contributed by atoms with Gasteiger partial charge in [-0.3, -0.25) is 0 Å². The van der Waals surface area contributed by atoms with Crippen LogP contribution in [0.4, 0.5) is 5.69 Å². The zero-order chi connectivity index (χ0) is 11.0. The Bertz CT molecular complexity index is 408. The molecule has 0 aliphatic heterocycles. The molecule has 0 amide bonds. The minimum absolute atomic E-state index is 0.288. The number of nitrogens with two attached hydrogens (primary N) is 1. The number of benzene rings is 1. The molecule has 0 saturated heterocycles. The molecule has 1 fully saturated rings. The molecule has 15 heavy (non-hydrogen) atoms. The normalized spacial score (nSPS) is 15.1. The van der Waals surface area contributed by atoms with Crippen LogP contribution in [0.2, 0.25) is 0 Å². The lowest BCUT2D eigenvalue weighted by molar-refractivity contribution is 0.0599. The van der Waals surface area contributed by atoms with Gasteiger partial charge in [-0.25, -0.2) is 4.79 Å². The molecule has 0 atom stereocenters. The van der Waals surface area contributed by atoms with Gasteiger partial charge in [-0.2, -0.15) is 0 Å². The molecular weight excluding hydrogens is 190 g/mol. The number of anilines is 1. The van der Waals surface area contributed by atoms with E-state index in [-0.39, 0.29) is 5.97 Å². The summed E-state index contributed by atoms with van der Waals surface area (Å²) in [6, 6.07) is 3.74. The molecule has 2 N–H and O–H groups in total. The monoisotopic (exact) mass is 205 g/mol. The third-order valence-corrected chi connectivity index (χ3v) is 2.86. The molecule has 1 aliphatic rings. The van der Waals surface area contributed by atoms with Gasteiger partial charge in [0, 0.05) is 5.69 Å². The average Bonchev–Trinajstić information content (AvgIpc) is 3.04. The van der Waals surface area contributed by atoms with Crippen molar-refractivity contribution in [2.75, 3.05) is 12.8 Å². The largest absolute Gasteiger partial charge is 0.465 e. The summed E-state index contributed by atoms with van der Waals surface area (Å²) >= 11 is 0. The van der Waals surface area contributed by atoms with E-state index in [1.807, 2.05) is 13.0 Å². The smallest absolute Gasteiger partial charge is 0.338 e. The molecule has 0 bridgehead atoms. The minimum atomic E-state index is -0.288. The molecule has 0 heterocycles. The number of esters is 1. The summed E-state index contributed by atoms with van der Waals surface area (Å²) < 4.78 is 4.76. The number of methoxy groups -OCH3 is 1. The number of hydrogen-bond donors (Lipinski definition) is 1. The van der Waals surface area contributed by atoms with Crippen molar-refractivity contribution in [3.8, 4) is 0 Å². The molecule has 1 aromatic carbocycles. The number of hydrogen-bond acceptors (Lipinski definition) is 3. The van der Waals surface area contributed by atoms with Crippen molar-refractivity contribution in [1.82, 2.24) is 0 Å². The lowest BCUT2D eigenvalue weighted by atomic mass is 9.99. The van der Waals surface area contributed by atoms with Crippen LogP contribution in [0.3, 0.4) is 0 Å². The number of nitrogen functional groups attached to an aromatic ring is 1. The van der Waals surface area contributed by atoms with Crippen LogP contribution in [0.15, 0.2) is 12.1 Å². The van der Waals surface area contributed by atoms with Gasteiger partial charge in [0.25, 0.3) is 0 Å². The Labute approximate surface area is 89.2 Å². The topological polar surface area (TPSA) is 52.3 Å². The van der Waals surface area contributed by atoms with Crippen molar-refractivity contribution in [1.29, 1.82) is 0 Å². The molecule has 0 radical (unpaired) electrons. The second kappa shape index (κ2) is 3.57. The second-order valence-electron chi connectivity index (χ2n) is 4.06. The van der Waals surface area contributed by atoms with Crippen molar-refractivity contribution in [3.63, 3.8) is 0 Å². The Morgan fingerprint density at radius 3 is 2.67 bits per heavy atom. The molecular formula is C12H15NO2. The van der Waals surface area contributed by atoms with Crippen molar-refractivity contribution in [3.05, 3.63) is 28.8 Å². The predicted octanol–water partition coefficient (Wildman–Crippen LogP) is 2.24. The van der Waals surface area contributed by atoms with Gasteiger partial charge in [0.05, 0.1) is 12.7 Å². The van der Waals surface area contributed by atoms with E-state index < -0.39 is 0 Å². The Morgan fingerprint density at radius 2 is 2.13 bits per heavy atom. The lowest BCUT2D eigenvalue weighted by Gasteiger charge is -2.10. The van der Waals surface area contributed by atoms with Crippen LogP contribution in [0.1, 0.15) is 40.2 Å². The Morgan fingerprint density at radius 1 is 1.47 bits per heavy atom. The highest BCUT2D eigenvalue weighted by molar-refractivity contribution is 5.92. The maximum absolute atomic E-state index is 11.6. The van der Waals surface area contributed by atoms with E-state index in [4.69, 9.17) is 10.5 Å². The summed E-state index contributed by atoms with van der Waals surface area (Å²) in [5, 5.41) is 0. The van der Waals surface area contributed by atoms with Gasteiger partial charge >= 0.3 is 5.97 Å². The lowest BCUT2D eigenvalue weighted by Crippen LogP contribution is -2.07. The summed E-state index contributed by atoms with van der Waals surface area (Å²) in [6.07, 6.45) is 2.32. The van der Waals surface area contributed by atoms with Crippen LogP contribution in [0.25, 0.3) is 0 Å². The van der Waals surface area contributed by atoms with Crippen molar-refractivity contribution < 1.29 is 9.53 Å². The summed E-state index contributed by atoms with van der Waals surface area (Å²) in [6.45, 7) is 1.96. The van der Waals surface area contributed by atoms with E-state index in [1.165, 1.54) is 7.11 Å². The van der Waals surface area contributed by atoms with Crippen molar-refractivity contribution in [2.45, 2.75) is 25.7 Å². The third-order valence-electron chi connectivity index (χ3n) is 2.86. The first-order valence-electron chi connectivity index (χ1n) is 5.12. The summed E-state index contributed by atoms with van der Waals surface area (Å²) in [5.41, 5.74) is 9.20. The van der Waals surface area contributed by atoms with Crippen LogP contribution < -0.4 is 5.73 Å². The van der Waals surface area contributed by atoms with Gasteiger partial charge in [0.2, 0.25) is 0 Å². The highest BCUT2D eigenvalue weighted by atomic mass is 16.5. The van der Waals surface area contributed by atoms with Crippen LogP contribution in [-0.2, 0) is 4.74 Å². The standard InChI is InChI=1S/C12H15NO2/c1-7-5-9(8-3-4-8)10(6-11(7)13)12(14)15-2/h5-6,8H,3-4,13H2,1-2H3. The molecule has 3 heteroatoms. The highest BCUT2D eigenvalue weighted by Crippen LogP contribution is 2.42. The second-order valence-corrected chi connectivity index (χ2v) is 4.06. The maximum atomic E-state index is 11.6. The van der Waals surface area contributed by atoms with Gasteiger partial charge < -0.3 is 10.5 Å². The van der Waals surface area contributed by atoms with Gasteiger partial charge in [0.15, 0.2) is 0 Å². The fraction of sp³-hybridized carbons (Fsp3) is 0.417. The number of rotatable bonds is 2. The molecule has 3 nitrogen and oxygen atoms in total. The van der Waals surface area contributed by atoms with Crippen LogP contribution in [-0.4, -0.2) is 13.1 Å². The van der Waals surface area contributed by atoms with E-state index in [0.717, 1.165) is 24.0 Å². The number of carbonyl (C=O) groups is 1. The predicted molar refractivity (Wildman–Crippen MR) is 58.9 cm³/mol. The first-order chi connectivity index (χ1) is 7.13. The van der Waals surface area contributed by atoms with Gasteiger partial charge in [-0.1, -0.05) is 6.07 Å². The third kappa shape index (κ3) is 1.82. The Hall–Kier alpha value is -1.51. The summed E-state index contributed by atoms with van der Waals surface area (Å²) in [4.78, 5) is 11.6. The number of ether oxygens (including phenoxy) is 1. The zero-order valence-corrected chi connectivity index (χ0v) is 9.04. The number of carbonyl (C=O) groups excluding carboxylic acids is 1. The van der Waals surface area contributed by atoms with Gasteiger partial charge in [0.1, 0.15) is 0 Å². The van der Waals surface area contributed by atoms with E-state index >= 15 is 0 Å². The molecule has 0 spiro atoms. The van der Waals surface area contributed by atoms with Crippen molar-refractivity contribution >= 4 is 11.7 Å². The molecule has 2 rings (SSSR count). The molecule has 0 aromatic heterocycles. The Kier molecular flexibility index (Phi) is 2.39. The first-order valence-corrected chi connectivity index (χ1v) is 5.12. The number of aryl methyl sites for hydroxylation is 1. The molecule has 80 valence electrons. The van der Waals surface area contributed by atoms with Crippen LogP contribution >= 0.6 is 0 Å². The average molecular weight is 205 g/mol. The summed E-state index contributed by atoms with van der Waals surface area (Å²) in [5.74, 6) is 0.238. The van der Waals surface area contributed by atoms with Crippen LogP contribution in [0, 0.1) is 6.92 Å². The minimum Gasteiger partial charge on any atom is -0.465 e. The molecule has 1 aromatic rings.